The van der Waals surface area contributed by atoms with Crippen molar-refractivity contribution in [2.45, 2.75) is 32.6 Å². The number of carbonyl (C=O) groups excluding carboxylic acids is 1. The van der Waals surface area contributed by atoms with Crippen LogP contribution in [0.15, 0.2) is 58.5 Å². The molecular formula is C22H29N3O5S. The van der Waals surface area contributed by atoms with Crippen LogP contribution in [0.5, 0.6) is 11.5 Å². The Balaban J connectivity index is 2.48. The van der Waals surface area contributed by atoms with Crippen LogP contribution in [0.25, 0.3) is 0 Å². The fourth-order valence-corrected chi connectivity index (χ4v) is 3.94. The van der Waals surface area contributed by atoms with Gasteiger partial charge in [0.05, 0.1) is 24.8 Å². The summed E-state index contributed by atoms with van der Waals surface area (Å²) in [4.78, 5) is 12.7. The first kappa shape index (κ1) is 24.2. The zero-order valence-corrected chi connectivity index (χ0v) is 19.5. The molecule has 8 nitrogen and oxygen atoms in total. The highest BCUT2D eigenvalue weighted by Gasteiger charge is 2.29. The molecule has 1 N–H and O–H groups in total. The maximum absolute atomic E-state index is 13.4. The molecule has 0 radical (unpaired) electrons. The van der Waals surface area contributed by atoms with E-state index in [0.717, 1.165) is 4.31 Å². The van der Waals surface area contributed by atoms with Gasteiger partial charge >= 0.3 is 0 Å². The molecule has 0 atom stereocenters. The summed E-state index contributed by atoms with van der Waals surface area (Å²) in [7, 11) is -1.15. The van der Waals surface area contributed by atoms with Gasteiger partial charge in [-0.1, -0.05) is 39.0 Å². The molecule has 2 aromatic carbocycles. The van der Waals surface area contributed by atoms with Gasteiger partial charge in [-0.3, -0.25) is 9.10 Å². The number of hydrazone groups is 1. The molecule has 168 valence electrons. The van der Waals surface area contributed by atoms with Crippen molar-refractivity contribution in [3.63, 3.8) is 0 Å². The summed E-state index contributed by atoms with van der Waals surface area (Å²) in [6.07, 6.45) is 0. The highest BCUT2D eigenvalue weighted by molar-refractivity contribution is 7.92. The van der Waals surface area contributed by atoms with Crippen molar-refractivity contribution in [3.8, 4) is 11.5 Å². The average Bonchev–Trinajstić information content (AvgIpc) is 2.75. The third-order valence-electron chi connectivity index (χ3n) is 4.71. The van der Waals surface area contributed by atoms with Gasteiger partial charge in [-0.2, -0.15) is 5.10 Å². The lowest BCUT2D eigenvalue weighted by Crippen LogP contribution is -2.40. The molecule has 0 aliphatic carbocycles. The Morgan fingerprint density at radius 1 is 1.06 bits per heavy atom. The number of rotatable bonds is 8. The number of nitrogens with zero attached hydrogens (tertiary/aromatic N) is 2. The van der Waals surface area contributed by atoms with Crippen LogP contribution >= 0.6 is 0 Å². The first-order chi connectivity index (χ1) is 14.5. The summed E-state index contributed by atoms with van der Waals surface area (Å²) in [6, 6.07) is 12.6. The van der Waals surface area contributed by atoms with E-state index in [1.807, 2.05) is 20.8 Å². The van der Waals surface area contributed by atoms with Crippen LogP contribution in [-0.4, -0.2) is 40.8 Å². The van der Waals surface area contributed by atoms with E-state index in [9.17, 15) is 13.2 Å². The van der Waals surface area contributed by atoms with Gasteiger partial charge in [-0.05, 0) is 31.2 Å². The smallest absolute Gasteiger partial charge is 0.264 e. The van der Waals surface area contributed by atoms with E-state index < -0.39 is 22.5 Å². The minimum absolute atomic E-state index is 0.0510. The Bertz CT molecular complexity index is 1040. The van der Waals surface area contributed by atoms with E-state index >= 15 is 0 Å². The summed E-state index contributed by atoms with van der Waals surface area (Å²) in [6.45, 7) is 7.21. The third kappa shape index (κ3) is 5.97. The predicted octanol–water partition coefficient (Wildman–Crippen LogP) is 3.44. The van der Waals surface area contributed by atoms with Crippen molar-refractivity contribution in [3.05, 3.63) is 48.5 Å². The van der Waals surface area contributed by atoms with Gasteiger partial charge in [-0.25, -0.2) is 13.8 Å². The number of anilines is 1. The Morgan fingerprint density at radius 3 is 2.26 bits per heavy atom. The second-order valence-electron chi connectivity index (χ2n) is 7.84. The summed E-state index contributed by atoms with van der Waals surface area (Å²) < 4.78 is 38.4. The maximum atomic E-state index is 13.4. The van der Waals surface area contributed by atoms with Crippen molar-refractivity contribution < 1.29 is 22.7 Å². The molecule has 0 bridgehead atoms. The van der Waals surface area contributed by atoms with E-state index in [1.165, 1.54) is 32.4 Å². The van der Waals surface area contributed by atoms with Crippen LogP contribution in [0, 0.1) is 5.41 Å². The van der Waals surface area contributed by atoms with E-state index in [2.05, 4.69) is 10.5 Å². The molecule has 0 aromatic heterocycles. The summed E-state index contributed by atoms with van der Waals surface area (Å²) in [5, 5.41) is 4.11. The maximum Gasteiger partial charge on any atom is 0.264 e. The zero-order valence-electron chi connectivity index (χ0n) is 18.7. The molecule has 9 heteroatoms. The van der Waals surface area contributed by atoms with Crippen molar-refractivity contribution in [2.24, 2.45) is 10.5 Å². The number of nitrogens with one attached hydrogen (secondary N) is 1. The highest BCUT2D eigenvalue weighted by Crippen LogP contribution is 2.35. The number of hydrogen-bond acceptors (Lipinski definition) is 6. The molecule has 0 fully saturated rings. The Kier molecular flexibility index (Phi) is 7.67. The van der Waals surface area contributed by atoms with Gasteiger partial charge in [0.15, 0.2) is 0 Å². The minimum atomic E-state index is -4.07. The van der Waals surface area contributed by atoms with Crippen LogP contribution in [0.1, 0.15) is 27.7 Å². The number of sulfonamides is 1. The largest absolute Gasteiger partial charge is 0.497 e. The Hall–Kier alpha value is -3.07. The van der Waals surface area contributed by atoms with Gasteiger partial charge in [-0.15, -0.1) is 0 Å². The molecule has 0 spiro atoms. The number of ether oxygens (including phenoxy) is 2. The predicted molar refractivity (Wildman–Crippen MR) is 121 cm³/mol. The molecule has 0 aliphatic heterocycles. The minimum Gasteiger partial charge on any atom is -0.497 e. The molecule has 0 aliphatic rings. The molecule has 0 saturated heterocycles. The number of methoxy groups -OCH3 is 2. The summed E-state index contributed by atoms with van der Waals surface area (Å²) in [5.41, 5.74) is 3.13. The summed E-state index contributed by atoms with van der Waals surface area (Å²) >= 11 is 0. The molecule has 1 amide bonds. The zero-order chi connectivity index (χ0) is 23.2. The number of hydrogen-bond donors (Lipinski definition) is 1. The van der Waals surface area contributed by atoms with E-state index in [0.29, 0.717) is 11.5 Å². The fourth-order valence-electron chi connectivity index (χ4n) is 2.49. The van der Waals surface area contributed by atoms with Crippen molar-refractivity contribution in [1.82, 2.24) is 5.43 Å². The van der Waals surface area contributed by atoms with Crippen molar-refractivity contribution in [2.75, 3.05) is 25.1 Å². The van der Waals surface area contributed by atoms with Crippen LogP contribution in [0.4, 0.5) is 5.69 Å². The van der Waals surface area contributed by atoms with Crippen molar-refractivity contribution in [1.29, 1.82) is 0 Å². The lowest BCUT2D eigenvalue weighted by Gasteiger charge is -2.25. The van der Waals surface area contributed by atoms with Gasteiger partial charge < -0.3 is 9.47 Å². The van der Waals surface area contributed by atoms with Crippen LogP contribution < -0.4 is 19.2 Å². The quantitative estimate of drug-likeness (QED) is 0.494. The molecule has 0 heterocycles. The topological polar surface area (TPSA) is 97.3 Å². The van der Waals surface area contributed by atoms with Gasteiger partial charge in [0.25, 0.3) is 15.9 Å². The third-order valence-corrected chi connectivity index (χ3v) is 6.48. The van der Waals surface area contributed by atoms with E-state index in [1.54, 1.807) is 37.3 Å². The first-order valence-electron chi connectivity index (χ1n) is 9.64. The molecule has 0 saturated carbocycles. The fraction of sp³-hybridized carbons (Fsp3) is 0.364. The molecule has 31 heavy (non-hydrogen) atoms. The normalized spacial score (nSPS) is 12.3. The lowest BCUT2D eigenvalue weighted by atomic mass is 9.91. The molecule has 2 aromatic rings. The molecular weight excluding hydrogens is 418 g/mol. The lowest BCUT2D eigenvalue weighted by molar-refractivity contribution is -0.119. The van der Waals surface area contributed by atoms with Gasteiger partial charge in [0.1, 0.15) is 18.0 Å². The van der Waals surface area contributed by atoms with E-state index in [4.69, 9.17) is 9.47 Å². The number of benzene rings is 2. The SMILES string of the molecule is COc1ccc(N(CC(=O)NN=C(C)C(C)(C)C)S(=O)(=O)c2ccccc2)c(OC)c1. The monoisotopic (exact) mass is 447 g/mol. The Morgan fingerprint density at radius 2 is 1.71 bits per heavy atom. The van der Waals surface area contributed by atoms with E-state index in [-0.39, 0.29) is 21.7 Å². The number of amides is 1. The van der Waals surface area contributed by atoms with Crippen LogP contribution in [0.3, 0.4) is 0 Å². The molecule has 0 unspecified atom stereocenters. The standard InChI is InChI=1S/C22H29N3O5S/c1-16(22(2,3)4)23-24-21(26)15-25(31(27,28)18-10-8-7-9-11-18)19-13-12-17(29-5)14-20(19)30-6/h7-14H,15H2,1-6H3,(H,24,26). The first-order valence-corrected chi connectivity index (χ1v) is 11.1. The molecule has 2 rings (SSSR count). The van der Waals surface area contributed by atoms with Gasteiger partial charge in [0, 0.05) is 17.2 Å². The van der Waals surface area contributed by atoms with Crippen molar-refractivity contribution >= 4 is 27.3 Å². The van der Waals surface area contributed by atoms with Crippen LogP contribution in [0.2, 0.25) is 0 Å². The number of carbonyl (C=O) groups is 1. The highest BCUT2D eigenvalue weighted by atomic mass is 32.2. The van der Waals surface area contributed by atoms with Gasteiger partial charge in [0.2, 0.25) is 0 Å². The summed E-state index contributed by atoms with van der Waals surface area (Å²) in [5.74, 6) is 0.162. The second kappa shape index (κ2) is 9.82. The van der Waals surface area contributed by atoms with Crippen LogP contribution in [-0.2, 0) is 14.8 Å². The second-order valence-corrected chi connectivity index (χ2v) is 9.71. The average molecular weight is 448 g/mol. The Labute approximate surface area is 183 Å².